The van der Waals surface area contributed by atoms with Gasteiger partial charge in [0.25, 0.3) is 0 Å². The lowest BCUT2D eigenvalue weighted by Crippen LogP contribution is -2.35. The predicted octanol–water partition coefficient (Wildman–Crippen LogP) is 2.38. The molecule has 18 heavy (non-hydrogen) atoms. The molecule has 0 spiro atoms. The molecule has 1 N–H and O–H groups in total. The van der Waals surface area contributed by atoms with E-state index in [0.29, 0.717) is 6.54 Å². The molecule has 1 amide bonds. The van der Waals surface area contributed by atoms with Gasteiger partial charge < -0.3 is 10.1 Å². The van der Waals surface area contributed by atoms with Crippen molar-refractivity contribution in [1.82, 2.24) is 5.32 Å². The van der Waals surface area contributed by atoms with Crippen molar-refractivity contribution in [2.75, 3.05) is 18.9 Å². The van der Waals surface area contributed by atoms with Crippen molar-refractivity contribution in [3.63, 3.8) is 0 Å². The van der Waals surface area contributed by atoms with Crippen LogP contribution in [0.3, 0.4) is 0 Å². The minimum atomic E-state index is -0.214. The molecule has 98 valence electrons. The number of carbonyl (C=O) groups excluding carboxylic acids is 1. The van der Waals surface area contributed by atoms with Crippen LogP contribution in [0.2, 0.25) is 0 Å². The predicted molar refractivity (Wildman–Crippen MR) is 73.9 cm³/mol. The molecule has 1 atom stereocenters. The number of amides is 1. The average molecular weight is 265 g/mol. The smallest absolute Gasteiger partial charge is 0.249 e. The summed E-state index contributed by atoms with van der Waals surface area (Å²) in [6.45, 7) is 3.49. The molecule has 1 unspecified atom stereocenters. The summed E-state index contributed by atoms with van der Waals surface area (Å²) in [4.78, 5) is 12.9. The van der Waals surface area contributed by atoms with Crippen LogP contribution >= 0.6 is 11.8 Å². The van der Waals surface area contributed by atoms with E-state index >= 15 is 0 Å². The quantitative estimate of drug-likeness (QED) is 0.656. The molecule has 0 radical (unpaired) electrons. The van der Waals surface area contributed by atoms with E-state index in [1.54, 1.807) is 11.8 Å². The summed E-state index contributed by atoms with van der Waals surface area (Å²) in [5.74, 6) is 0.929. The minimum Gasteiger partial charge on any atom is -0.368 e. The Labute approximate surface area is 112 Å². The van der Waals surface area contributed by atoms with E-state index in [0.717, 1.165) is 25.2 Å². The monoisotopic (exact) mass is 265 g/mol. The van der Waals surface area contributed by atoms with Gasteiger partial charge >= 0.3 is 0 Å². The molecule has 1 aromatic carbocycles. The molecular weight excluding hydrogens is 246 g/mol. The van der Waals surface area contributed by atoms with Gasteiger partial charge in [0.2, 0.25) is 5.91 Å². The van der Waals surface area contributed by atoms with Crippen LogP contribution in [0.5, 0.6) is 0 Å². The van der Waals surface area contributed by atoms with Crippen LogP contribution in [0.15, 0.2) is 29.2 Å². The molecule has 1 saturated heterocycles. The Morgan fingerprint density at radius 3 is 2.89 bits per heavy atom. The lowest BCUT2D eigenvalue weighted by Gasteiger charge is -2.10. The summed E-state index contributed by atoms with van der Waals surface area (Å²) in [6, 6.07) is 8.43. The molecular formula is C14H19NO2S. The third kappa shape index (κ3) is 4.03. The summed E-state index contributed by atoms with van der Waals surface area (Å²) in [6.07, 6.45) is 1.64. The number of ether oxygens (including phenoxy) is 1. The second-order valence-electron chi connectivity index (χ2n) is 4.45. The van der Waals surface area contributed by atoms with Gasteiger partial charge in [0.15, 0.2) is 0 Å². The van der Waals surface area contributed by atoms with Crippen molar-refractivity contribution in [1.29, 1.82) is 0 Å². The third-order valence-corrected chi connectivity index (χ3v) is 3.93. The number of aryl methyl sites for hydroxylation is 1. The molecule has 1 heterocycles. The molecule has 0 bridgehead atoms. The Kier molecular flexibility index (Phi) is 5.08. The van der Waals surface area contributed by atoms with Crippen LogP contribution < -0.4 is 5.32 Å². The van der Waals surface area contributed by atoms with Crippen molar-refractivity contribution >= 4 is 17.7 Å². The number of hydrogen-bond donors (Lipinski definition) is 1. The molecule has 1 fully saturated rings. The first-order valence-electron chi connectivity index (χ1n) is 6.34. The second kappa shape index (κ2) is 6.81. The number of nitrogens with one attached hydrogen (secondary N) is 1. The van der Waals surface area contributed by atoms with Gasteiger partial charge in [-0.05, 0) is 31.9 Å². The first-order chi connectivity index (χ1) is 8.75. The lowest BCUT2D eigenvalue weighted by atomic mass is 10.2. The molecule has 0 aliphatic carbocycles. The highest BCUT2D eigenvalue weighted by molar-refractivity contribution is 7.99. The molecule has 1 aliphatic rings. The van der Waals surface area contributed by atoms with Gasteiger partial charge in [-0.25, -0.2) is 0 Å². The first-order valence-corrected chi connectivity index (χ1v) is 7.33. The Morgan fingerprint density at radius 1 is 1.44 bits per heavy atom. The Morgan fingerprint density at radius 2 is 2.22 bits per heavy atom. The average Bonchev–Trinajstić information content (AvgIpc) is 2.90. The molecule has 2 rings (SSSR count). The van der Waals surface area contributed by atoms with Crippen molar-refractivity contribution < 1.29 is 9.53 Å². The van der Waals surface area contributed by atoms with Crippen LogP contribution in [0.1, 0.15) is 18.4 Å². The van der Waals surface area contributed by atoms with E-state index in [1.165, 1.54) is 10.5 Å². The highest BCUT2D eigenvalue weighted by atomic mass is 32.2. The molecule has 1 aliphatic heterocycles. The third-order valence-electron chi connectivity index (χ3n) is 2.91. The van der Waals surface area contributed by atoms with Gasteiger partial charge in [-0.1, -0.05) is 17.7 Å². The number of hydrogen-bond acceptors (Lipinski definition) is 3. The summed E-state index contributed by atoms with van der Waals surface area (Å²) < 4.78 is 5.32. The van der Waals surface area contributed by atoms with E-state index in [2.05, 4.69) is 36.5 Å². The van der Waals surface area contributed by atoms with E-state index in [-0.39, 0.29) is 12.0 Å². The number of carbonyl (C=O) groups is 1. The van der Waals surface area contributed by atoms with E-state index in [9.17, 15) is 4.79 Å². The van der Waals surface area contributed by atoms with Gasteiger partial charge in [-0.15, -0.1) is 11.8 Å². The maximum Gasteiger partial charge on any atom is 0.249 e. The number of rotatable bonds is 5. The fraction of sp³-hybridized carbons (Fsp3) is 0.500. The molecule has 0 saturated carbocycles. The minimum absolute atomic E-state index is 0.0389. The Balaban J connectivity index is 1.63. The maximum atomic E-state index is 11.7. The number of thioether (sulfide) groups is 1. The van der Waals surface area contributed by atoms with Gasteiger partial charge in [-0.2, -0.15) is 0 Å². The van der Waals surface area contributed by atoms with Crippen LogP contribution in [-0.4, -0.2) is 30.9 Å². The van der Waals surface area contributed by atoms with Crippen LogP contribution in [0.4, 0.5) is 0 Å². The fourth-order valence-corrected chi connectivity index (χ4v) is 2.64. The van der Waals surface area contributed by atoms with E-state index < -0.39 is 0 Å². The van der Waals surface area contributed by atoms with Crippen LogP contribution in [0.25, 0.3) is 0 Å². The topological polar surface area (TPSA) is 38.3 Å². The molecule has 4 heteroatoms. The first kappa shape index (κ1) is 13.4. The standard InChI is InChI=1S/C14H19NO2S/c1-11-4-6-12(7-5-11)18-10-8-15-14(16)13-3-2-9-17-13/h4-7,13H,2-3,8-10H2,1H3,(H,15,16). The Bertz CT molecular complexity index is 385. The maximum absolute atomic E-state index is 11.7. The lowest BCUT2D eigenvalue weighted by molar-refractivity contribution is -0.129. The highest BCUT2D eigenvalue weighted by Crippen LogP contribution is 2.17. The van der Waals surface area contributed by atoms with Crippen LogP contribution in [0, 0.1) is 6.92 Å². The zero-order chi connectivity index (χ0) is 12.8. The van der Waals surface area contributed by atoms with Gasteiger partial charge in [0, 0.05) is 23.8 Å². The Hall–Kier alpha value is -1.00. The fourth-order valence-electron chi connectivity index (χ4n) is 1.88. The molecule has 0 aromatic heterocycles. The van der Waals surface area contributed by atoms with Gasteiger partial charge in [0.05, 0.1) is 0 Å². The summed E-state index contributed by atoms with van der Waals surface area (Å²) in [5.41, 5.74) is 1.27. The largest absolute Gasteiger partial charge is 0.368 e. The van der Waals surface area contributed by atoms with Gasteiger partial charge in [-0.3, -0.25) is 4.79 Å². The summed E-state index contributed by atoms with van der Waals surface area (Å²) in [5, 5.41) is 2.92. The van der Waals surface area contributed by atoms with Crippen molar-refractivity contribution in [2.24, 2.45) is 0 Å². The zero-order valence-electron chi connectivity index (χ0n) is 10.6. The van der Waals surface area contributed by atoms with Crippen molar-refractivity contribution in [2.45, 2.75) is 30.8 Å². The van der Waals surface area contributed by atoms with Crippen molar-refractivity contribution in [3.05, 3.63) is 29.8 Å². The number of benzene rings is 1. The highest BCUT2D eigenvalue weighted by Gasteiger charge is 2.22. The van der Waals surface area contributed by atoms with E-state index in [4.69, 9.17) is 4.74 Å². The normalized spacial score (nSPS) is 18.8. The van der Waals surface area contributed by atoms with E-state index in [1.807, 2.05) is 0 Å². The van der Waals surface area contributed by atoms with Gasteiger partial charge in [0.1, 0.15) is 6.10 Å². The van der Waals surface area contributed by atoms with Crippen molar-refractivity contribution in [3.8, 4) is 0 Å². The molecule has 3 nitrogen and oxygen atoms in total. The summed E-state index contributed by atoms with van der Waals surface area (Å²) >= 11 is 1.76. The second-order valence-corrected chi connectivity index (χ2v) is 5.62. The zero-order valence-corrected chi connectivity index (χ0v) is 11.5. The molecule has 1 aromatic rings. The summed E-state index contributed by atoms with van der Waals surface area (Å²) in [7, 11) is 0. The SMILES string of the molecule is Cc1ccc(SCCNC(=O)C2CCCO2)cc1. The van der Waals surface area contributed by atoms with Crippen LogP contribution in [-0.2, 0) is 9.53 Å².